The van der Waals surface area contributed by atoms with Gasteiger partial charge in [-0.05, 0) is 18.4 Å². The van der Waals surface area contributed by atoms with Crippen LogP contribution in [0.15, 0.2) is 30.3 Å². The molecule has 0 radical (unpaired) electrons. The molecule has 5 heteroatoms. The van der Waals surface area contributed by atoms with Crippen molar-refractivity contribution >= 4 is 11.9 Å². The molecule has 0 bridgehead atoms. The summed E-state index contributed by atoms with van der Waals surface area (Å²) in [5.41, 5.74) is 1.07. The van der Waals surface area contributed by atoms with E-state index in [-0.39, 0.29) is 11.9 Å². The fraction of sp³-hybridized carbons (Fsp3) is 0.429. The van der Waals surface area contributed by atoms with Crippen molar-refractivity contribution in [1.82, 2.24) is 15.5 Å². The van der Waals surface area contributed by atoms with Crippen molar-refractivity contribution in [1.29, 1.82) is 0 Å². The van der Waals surface area contributed by atoms with E-state index in [2.05, 4.69) is 10.6 Å². The van der Waals surface area contributed by atoms with Gasteiger partial charge in [-0.1, -0.05) is 30.3 Å². The molecule has 1 aliphatic carbocycles. The Labute approximate surface area is 112 Å². The minimum absolute atomic E-state index is 0.0635. The molecular formula is C14H17N3O2. The summed E-state index contributed by atoms with van der Waals surface area (Å²) >= 11 is 0. The van der Waals surface area contributed by atoms with Gasteiger partial charge in [0.2, 0.25) is 5.91 Å². The monoisotopic (exact) mass is 259 g/mol. The normalized spacial score (nSPS) is 22.2. The highest BCUT2D eigenvalue weighted by Gasteiger charge is 2.35. The van der Waals surface area contributed by atoms with Gasteiger partial charge in [0, 0.05) is 12.6 Å². The molecule has 1 saturated carbocycles. The number of carbonyl (C=O) groups is 2. The van der Waals surface area contributed by atoms with Crippen molar-refractivity contribution in [3.05, 3.63) is 35.9 Å². The number of amides is 3. The predicted octanol–water partition coefficient (Wildman–Crippen LogP) is 0.859. The summed E-state index contributed by atoms with van der Waals surface area (Å²) in [6, 6.07) is 9.53. The van der Waals surface area contributed by atoms with Crippen LogP contribution in [0.25, 0.3) is 0 Å². The van der Waals surface area contributed by atoms with E-state index in [1.807, 2.05) is 30.3 Å². The van der Waals surface area contributed by atoms with Crippen LogP contribution in [0.1, 0.15) is 18.4 Å². The van der Waals surface area contributed by atoms with Gasteiger partial charge in [-0.3, -0.25) is 4.79 Å². The Morgan fingerprint density at radius 1 is 1.32 bits per heavy atom. The zero-order valence-corrected chi connectivity index (χ0v) is 10.6. The average molecular weight is 259 g/mol. The summed E-state index contributed by atoms with van der Waals surface area (Å²) in [7, 11) is 0. The maximum Gasteiger partial charge on any atom is 0.318 e. The molecule has 2 aliphatic rings. The SMILES string of the molecule is O=C(NC1CC1)C1CN(Cc2ccccc2)C(=O)N1. The molecule has 3 rings (SSSR count). The third-order valence-electron chi connectivity index (χ3n) is 3.44. The van der Waals surface area contributed by atoms with Crippen molar-refractivity contribution in [2.45, 2.75) is 31.5 Å². The largest absolute Gasteiger partial charge is 0.352 e. The van der Waals surface area contributed by atoms with Crippen molar-refractivity contribution in [2.24, 2.45) is 0 Å². The number of carbonyl (C=O) groups excluding carboxylic acids is 2. The first-order chi connectivity index (χ1) is 9.22. The average Bonchev–Trinajstić information content (AvgIpc) is 3.15. The van der Waals surface area contributed by atoms with Crippen molar-refractivity contribution in [3.63, 3.8) is 0 Å². The molecular weight excluding hydrogens is 242 g/mol. The lowest BCUT2D eigenvalue weighted by molar-refractivity contribution is -0.122. The summed E-state index contributed by atoms with van der Waals surface area (Å²) in [6.07, 6.45) is 2.11. The lowest BCUT2D eigenvalue weighted by Gasteiger charge is -2.14. The van der Waals surface area contributed by atoms with Crippen LogP contribution in [0.4, 0.5) is 4.79 Å². The molecule has 1 saturated heterocycles. The highest BCUT2D eigenvalue weighted by atomic mass is 16.2. The van der Waals surface area contributed by atoms with E-state index in [0.29, 0.717) is 19.1 Å². The van der Waals surface area contributed by atoms with Crippen LogP contribution < -0.4 is 10.6 Å². The Balaban J connectivity index is 1.58. The summed E-state index contributed by atoms with van der Waals surface area (Å²) in [4.78, 5) is 25.4. The molecule has 3 amide bonds. The fourth-order valence-corrected chi connectivity index (χ4v) is 2.21. The van der Waals surface area contributed by atoms with Gasteiger partial charge in [-0.25, -0.2) is 4.79 Å². The van der Waals surface area contributed by atoms with E-state index in [4.69, 9.17) is 0 Å². The van der Waals surface area contributed by atoms with E-state index in [0.717, 1.165) is 18.4 Å². The maximum absolute atomic E-state index is 11.9. The third-order valence-corrected chi connectivity index (χ3v) is 3.44. The first-order valence-corrected chi connectivity index (χ1v) is 6.62. The van der Waals surface area contributed by atoms with Crippen LogP contribution in [0.5, 0.6) is 0 Å². The Kier molecular flexibility index (Phi) is 3.11. The van der Waals surface area contributed by atoms with E-state index in [1.165, 1.54) is 0 Å². The summed E-state index contributed by atoms with van der Waals surface area (Å²) in [5, 5.41) is 5.65. The Hall–Kier alpha value is -2.04. The Morgan fingerprint density at radius 3 is 2.74 bits per heavy atom. The van der Waals surface area contributed by atoms with Crippen molar-refractivity contribution in [3.8, 4) is 0 Å². The highest BCUT2D eigenvalue weighted by Crippen LogP contribution is 2.19. The molecule has 1 atom stereocenters. The summed E-state index contributed by atoms with van der Waals surface area (Å²) < 4.78 is 0. The van der Waals surface area contributed by atoms with Gasteiger partial charge in [0.25, 0.3) is 0 Å². The number of hydrogen-bond acceptors (Lipinski definition) is 2. The van der Waals surface area contributed by atoms with Crippen LogP contribution in [-0.4, -0.2) is 35.5 Å². The number of hydrogen-bond donors (Lipinski definition) is 2. The lowest BCUT2D eigenvalue weighted by Crippen LogP contribution is -2.43. The van der Waals surface area contributed by atoms with Crippen LogP contribution in [0.3, 0.4) is 0 Å². The molecule has 100 valence electrons. The third kappa shape index (κ3) is 2.86. The number of nitrogens with zero attached hydrogens (tertiary/aromatic N) is 1. The molecule has 1 aliphatic heterocycles. The first-order valence-electron chi connectivity index (χ1n) is 6.62. The Morgan fingerprint density at radius 2 is 2.05 bits per heavy atom. The molecule has 1 aromatic rings. The van der Waals surface area contributed by atoms with Gasteiger partial charge in [-0.2, -0.15) is 0 Å². The van der Waals surface area contributed by atoms with Crippen molar-refractivity contribution in [2.75, 3.05) is 6.54 Å². The molecule has 0 spiro atoms. The molecule has 2 N–H and O–H groups in total. The molecule has 2 fully saturated rings. The quantitative estimate of drug-likeness (QED) is 0.842. The highest BCUT2D eigenvalue weighted by molar-refractivity contribution is 5.90. The van der Waals surface area contributed by atoms with Crippen LogP contribution in [0, 0.1) is 0 Å². The Bertz CT molecular complexity index is 485. The predicted molar refractivity (Wildman–Crippen MR) is 70.3 cm³/mol. The molecule has 19 heavy (non-hydrogen) atoms. The van der Waals surface area contributed by atoms with Crippen LogP contribution >= 0.6 is 0 Å². The second-order valence-corrected chi connectivity index (χ2v) is 5.15. The zero-order valence-electron chi connectivity index (χ0n) is 10.6. The van der Waals surface area contributed by atoms with E-state index < -0.39 is 6.04 Å². The molecule has 5 nitrogen and oxygen atoms in total. The van der Waals surface area contributed by atoms with E-state index in [1.54, 1.807) is 4.90 Å². The maximum atomic E-state index is 11.9. The smallest absolute Gasteiger partial charge is 0.318 e. The van der Waals surface area contributed by atoms with Gasteiger partial charge < -0.3 is 15.5 Å². The number of benzene rings is 1. The standard InChI is InChI=1S/C14H17N3O2/c18-13(15-11-6-7-11)12-9-17(14(19)16-12)8-10-4-2-1-3-5-10/h1-5,11-12H,6-9H2,(H,15,18)(H,16,19). The minimum Gasteiger partial charge on any atom is -0.352 e. The molecule has 1 heterocycles. The second-order valence-electron chi connectivity index (χ2n) is 5.15. The van der Waals surface area contributed by atoms with E-state index >= 15 is 0 Å². The van der Waals surface area contributed by atoms with E-state index in [9.17, 15) is 9.59 Å². The van der Waals surface area contributed by atoms with Gasteiger partial charge in [0.15, 0.2) is 0 Å². The van der Waals surface area contributed by atoms with Crippen LogP contribution in [-0.2, 0) is 11.3 Å². The zero-order chi connectivity index (χ0) is 13.2. The number of nitrogens with one attached hydrogen (secondary N) is 2. The summed E-state index contributed by atoms with van der Waals surface area (Å²) in [6.45, 7) is 0.978. The molecule has 1 aromatic carbocycles. The fourth-order valence-electron chi connectivity index (χ4n) is 2.21. The van der Waals surface area contributed by atoms with Gasteiger partial charge >= 0.3 is 6.03 Å². The molecule has 1 unspecified atom stereocenters. The lowest BCUT2D eigenvalue weighted by atomic mass is 10.2. The minimum atomic E-state index is -0.420. The van der Waals surface area contributed by atoms with Crippen LogP contribution in [0.2, 0.25) is 0 Å². The van der Waals surface area contributed by atoms with Gasteiger partial charge in [-0.15, -0.1) is 0 Å². The molecule has 0 aromatic heterocycles. The number of urea groups is 1. The topological polar surface area (TPSA) is 61.4 Å². The van der Waals surface area contributed by atoms with Gasteiger partial charge in [0.1, 0.15) is 6.04 Å². The second kappa shape index (κ2) is 4.91. The number of rotatable bonds is 4. The summed E-state index contributed by atoms with van der Waals surface area (Å²) in [5.74, 6) is -0.0635. The first kappa shape index (κ1) is 12.0. The van der Waals surface area contributed by atoms with Gasteiger partial charge in [0.05, 0.1) is 6.54 Å². The van der Waals surface area contributed by atoms with Crippen molar-refractivity contribution < 1.29 is 9.59 Å².